The molecular weight excluding hydrogens is 242 g/mol. The number of likely N-dealkylation sites (N-methyl/N-ethyl adjacent to an activating group) is 1. The van der Waals surface area contributed by atoms with Crippen molar-refractivity contribution in [2.24, 2.45) is 11.5 Å². The number of sulfonamides is 1. The second-order valence-corrected chi connectivity index (χ2v) is 5.62. The maximum absolute atomic E-state index is 12.0. The average Bonchev–Trinajstić information content (AvgIpc) is 2.28. The van der Waals surface area contributed by atoms with Gasteiger partial charge in [-0.05, 0) is 17.7 Å². The summed E-state index contributed by atoms with van der Waals surface area (Å²) in [5, 5.41) is 0. The molecule has 17 heavy (non-hydrogen) atoms. The van der Waals surface area contributed by atoms with E-state index in [2.05, 4.69) is 0 Å². The van der Waals surface area contributed by atoms with Crippen molar-refractivity contribution in [2.75, 3.05) is 13.6 Å². The number of carbonyl (C=O) groups is 1. The lowest BCUT2D eigenvalue weighted by atomic mass is 10.2. The molecule has 1 aromatic rings. The van der Waals surface area contributed by atoms with Crippen molar-refractivity contribution in [2.45, 2.75) is 11.4 Å². The highest BCUT2D eigenvalue weighted by Gasteiger charge is 2.21. The van der Waals surface area contributed by atoms with Gasteiger partial charge in [-0.3, -0.25) is 4.79 Å². The lowest BCUT2D eigenvalue weighted by Crippen LogP contribution is -2.35. The average molecular weight is 257 g/mol. The van der Waals surface area contributed by atoms with Crippen molar-refractivity contribution >= 4 is 15.9 Å². The van der Waals surface area contributed by atoms with Crippen molar-refractivity contribution in [3.05, 3.63) is 29.8 Å². The number of primary amides is 1. The molecule has 1 rings (SSSR count). The molecule has 0 saturated carbocycles. The summed E-state index contributed by atoms with van der Waals surface area (Å²) in [4.78, 5) is 10.8. The molecule has 0 spiro atoms. The number of carbonyl (C=O) groups excluding carboxylic acids is 1. The summed E-state index contributed by atoms with van der Waals surface area (Å²) in [6.07, 6.45) is 0. The Labute approximate surface area is 100 Å². The van der Waals surface area contributed by atoms with Gasteiger partial charge in [0.15, 0.2) is 0 Å². The molecule has 0 saturated heterocycles. The maximum atomic E-state index is 12.0. The third kappa shape index (κ3) is 3.26. The summed E-state index contributed by atoms with van der Waals surface area (Å²) >= 11 is 0. The number of nitrogens with zero attached hydrogens (tertiary/aromatic N) is 1. The number of amides is 1. The lowest BCUT2D eigenvalue weighted by Gasteiger charge is -2.15. The van der Waals surface area contributed by atoms with E-state index in [0.29, 0.717) is 6.54 Å². The van der Waals surface area contributed by atoms with Crippen LogP contribution in [0.3, 0.4) is 0 Å². The minimum absolute atomic E-state index is 0.110. The highest BCUT2D eigenvalue weighted by Crippen LogP contribution is 2.14. The van der Waals surface area contributed by atoms with Crippen LogP contribution in [0.25, 0.3) is 0 Å². The van der Waals surface area contributed by atoms with Crippen molar-refractivity contribution in [1.29, 1.82) is 0 Å². The first-order valence-corrected chi connectivity index (χ1v) is 6.35. The van der Waals surface area contributed by atoms with Crippen LogP contribution >= 0.6 is 0 Å². The van der Waals surface area contributed by atoms with E-state index in [0.717, 1.165) is 9.87 Å². The van der Waals surface area contributed by atoms with E-state index in [9.17, 15) is 13.2 Å². The molecule has 4 N–H and O–H groups in total. The van der Waals surface area contributed by atoms with Gasteiger partial charge in [-0.25, -0.2) is 8.42 Å². The molecule has 1 amide bonds. The van der Waals surface area contributed by atoms with Gasteiger partial charge in [-0.15, -0.1) is 0 Å². The molecule has 0 heterocycles. The Balaban J connectivity index is 3.00. The third-order valence-electron chi connectivity index (χ3n) is 2.25. The molecule has 0 aliphatic carbocycles. The normalized spacial score (nSPS) is 11.7. The molecule has 1 aromatic carbocycles. The number of hydrogen-bond donors (Lipinski definition) is 2. The number of hydrogen-bond acceptors (Lipinski definition) is 4. The van der Waals surface area contributed by atoms with Crippen molar-refractivity contribution in [3.8, 4) is 0 Å². The highest BCUT2D eigenvalue weighted by molar-refractivity contribution is 7.89. The molecule has 0 aliphatic rings. The summed E-state index contributed by atoms with van der Waals surface area (Å²) in [5.74, 6) is -0.699. The molecule has 0 bridgehead atoms. The van der Waals surface area contributed by atoms with E-state index in [4.69, 9.17) is 11.5 Å². The van der Waals surface area contributed by atoms with E-state index >= 15 is 0 Å². The SMILES string of the molecule is CN(CC(N)=O)S(=O)(=O)c1ccc(CN)cc1. The van der Waals surface area contributed by atoms with Gasteiger partial charge in [0, 0.05) is 13.6 Å². The smallest absolute Gasteiger partial charge is 0.243 e. The van der Waals surface area contributed by atoms with E-state index in [1.54, 1.807) is 12.1 Å². The van der Waals surface area contributed by atoms with Gasteiger partial charge in [-0.1, -0.05) is 12.1 Å². The van der Waals surface area contributed by atoms with Gasteiger partial charge in [0.1, 0.15) is 0 Å². The molecule has 94 valence electrons. The fourth-order valence-electron chi connectivity index (χ4n) is 1.28. The molecule has 0 aromatic heterocycles. The van der Waals surface area contributed by atoms with Crippen LogP contribution in [0.5, 0.6) is 0 Å². The molecule has 0 fully saturated rings. The highest BCUT2D eigenvalue weighted by atomic mass is 32.2. The van der Waals surface area contributed by atoms with Crippen LogP contribution in [0, 0.1) is 0 Å². The third-order valence-corrected chi connectivity index (χ3v) is 4.06. The zero-order valence-electron chi connectivity index (χ0n) is 9.46. The van der Waals surface area contributed by atoms with Crippen LogP contribution in [-0.2, 0) is 21.4 Å². The van der Waals surface area contributed by atoms with Crippen molar-refractivity contribution in [1.82, 2.24) is 4.31 Å². The summed E-state index contributed by atoms with van der Waals surface area (Å²) in [7, 11) is -2.36. The fourth-order valence-corrected chi connectivity index (χ4v) is 2.42. The molecule has 0 atom stereocenters. The first-order chi connectivity index (χ1) is 7.87. The molecule has 0 aliphatic heterocycles. The summed E-state index contributed by atoms with van der Waals surface area (Å²) in [6, 6.07) is 6.17. The monoisotopic (exact) mass is 257 g/mol. The van der Waals surface area contributed by atoms with E-state index < -0.39 is 15.9 Å². The number of benzene rings is 1. The largest absolute Gasteiger partial charge is 0.369 e. The first kappa shape index (κ1) is 13.6. The van der Waals surface area contributed by atoms with E-state index in [1.165, 1.54) is 19.2 Å². The number of nitrogens with two attached hydrogens (primary N) is 2. The zero-order chi connectivity index (χ0) is 13.1. The predicted octanol–water partition coefficient (Wildman–Crippen LogP) is -0.749. The molecule has 0 radical (unpaired) electrons. The topological polar surface area (TPSA) is 106 Å². The minimum Gasteiger partial charge on any atom is -0.369 e. The van der Waals surface area contributed by atoms with Gasteiger partial charge in [0.05, 0.1) is 11.4 Å². The van der Waals surface area contributed by atoms with Crippen LogP contribution in [-0.4, -0.2) is 32.2 Å². The van der Waals surface area contributed by atoms with Crippen LogP contribution in [0.2, 0.25) is 0 Å². The Morgan fingerprint density at radius 2 is 1.82 bits per heavy atom. The summed E-state index contributed by atoms with van der Waals surface area (Å²) in [5.41, 5.74) is 11.2. The van der Waals surface area contributed by atoms with E-state index in [-0.39, 0.29) is 11.4 Å². The van der Waals surface area contributed by atoms with Gasteiger partial charge >= 0.3 is 0 Å². The van der Waals surface area contributed by atoms with Crippen LogP contribution in [0.1, 0.15) is 5.56 Å². The second-order valence-electron chi connectivity index (χ2n) is 3.58. The fraction of sp³-hybridized carbons (Fsp3) is 0.300. The van der Waals surface area contributed by atoms with Gasteiger partial charge < -0.3 is 11.5 Å². The van der Waals surface area contributed by atoms with Gasteiger partial charge in [0.25, 0.3) is 0 Å². The maximum Gasteiger partial charge on any atom is 0.243 e. The minimum atomic E-state index is -3.67. The van der Waals surface area contributed by atoms with E-state index in [1.807, 2.05) is 0 Å². The van der Waals surface area contributed by atoms with Crippen LogP contribution in [0.4, 0.5) is 0 Å². The van der Waals surface area contributed by atoms with Crippen LogP contribution in [0.15, 0.2) is 29.2 Å². The Hall–Kier alpha value is -1.44. The summed E-state index contributed by atoms with van der Waals surface area (Å²) < 4.78 is 24.8. The standard InChI is InChI=1S/C10H15N3O3S/c1-13(7-10(12)14)17(15,16)9-4-2-8(6-11)3-5-9/h2-5H,6-7,11H2,1H3,(H2,12,14). The lowest BCUT2D eigenvalue weighted by molar-refractivity contribution is -0.118. The molecule has 0 unspecified atom stereocenters. The Bertz CT molecular complexity index is 496. The summed E-state index contributed by atoms with van der Waals surface area (Å²) in [6.45, 7) is -0.00156. The molecular formula is C10H15N3O3S. The predicted molar refractivity (Wildman–Crippen MR) is 63.3 cm³/mol. The van der Waals surface area contributed by atoms with Crippen molar-refractivity contribution < 1.29 is 13.2 Å². The van der Waals surface area contributed by atoms with Crippen LogP contribution < -0.4 is 11.5 Å². The van der Waals surface area contributed by atoms with Crippen molar-refractivity contribution in [3.63, 3.8) is 0 Å². The Kier molecular flexibility index (Phi) is 4.22. The van der Waals surface area contributed by atoms with Gasteiger partial charge in [-0.2, -0.15) is 4.31 Å². The number of rotatable bonds is 5. The second kappa shape index (κ2) is 5.26. The molecule has 6 nitrogen and oxygen atoms in total. The Morgan fingerprint density at radius 3 is 2.24 bits per heavy atom. The quantitative estimate of drug-likeness (QED) is 0.723. The first-order valence-electron chi connectivity index (χ1n) is 4.91. The van der Waals surface area contributed by atoms with Gasteiger partial charge in [0.2, 0.25) is 15.9 Å². The zero-order valence-corrected chi connectivity index (χ0v) is 10.3. The Morgan fingerprint density at radius 1 is 1.29 bits per heavy atom. The molecule has 7 heteroatoms.